The fourth-order valence-corrected chi connectivity index (χ4v) is 2.22. The summed E-state index contributed by atoms with van der Waals surface area (Å²) in [5.74, 6) is 0.456. The molecule has 3 rings (SSSR count). The summed E-state index contributed by atoms with van der Waals surface area (Å²) >= 11 is 0. The van der Waals surface area contributed by atoms with E-state index >= 15 is 0 Å². The lowest BCUT2D eigenvalue weighted by molar-refractivity contribution is 0.102. The van der Waals surface area contributed by atoms with E-state index in [0.29, 0.717) is 17.0 Å². The molecule has 0 aliphatic rings. The Hall–Kier alpha value is -3.34. The molecule has 1 heterocycles. The van der Waals surface area contributed by atoms with Crippen molar-refractivity contribution in [1.82, 2.24) is 4.98 Å². The van der Waals surface area contributed by atoms with E-state index in [2.05, 4.69) is 15.6 Å². The van der Waals surface area contributed by atoms with Crippen LogP contribution in [0.15, 0.2) is 73.1 Å². The Labute approximate surface area is 140 Å². The van der Waals surface area contributed by atoms with Crippen molar-refractivity contribution < 1.29 is 9.53 Å². The van der Waals surface area contributed by atoms with Crippen LogP contribution < -0.4 is 15.4 Å². The van der Waals surface area contributed by atoms with E-state index in [1.54, 1.807) is 31.5 Å². The lowest BCUT2D eigenvalue weighted by Crippen LogP contribution is -2.12. The molecule has 3 aromatic rings. The highest BCUT2D eigenvalue weighted by molar-refractivity contribution is 6.04. The number of benzene rings is 2. The van der Waals surface area contributed by atoms with Gasteiger partial charge in [0.05, 0.1) is 24.6 Å². The van der Waals surface area contributed by atoms with Crippen LogP contribution in [-0.2, 0) is 0 Å². The van der Waals surface area contributed by atoms with Crippen LogP contribution in [0.25, 0.3) is 0 Å². The van der Waals surface area contributed by atoms with Gasteiger partial charge in [-0.3, -0.25) is 9.78 Å². The smallest absolute Gasteiger partial charge is 0.257 e. The average Bonchev–Trinajstić information content (AvgIpc) is 2.63. The molecule has 5 heteroatoms. The number of pyridine rings is 1. The van der Waals surface area contributed by atoms with Gasteiger partial charge in [0.25, 0.3) is 5.91 Å². The molecule has 0 fully saturated rings. The van der Waals surface area contributed by atoms with Crippen molar-refractivity contribution in [2.75, 3.05) is 17.7 Å². The molecule has 1 aromatic heterocycles. The minimum atomic E-state index is -0.229. The Bertz CT molecular complexity index is 835. The van der Waals surface area contributed by atoms with Crippen molar-refractivity contribution in [1.29, 1.82) is 0 Å². The first-order valence-electron chi connectivity index (χ1n) is 7.47. The number of amides is 1. The highest BCUT2D eigenvalue weighted by Gasteiger charge is 2.08. The van der Waals surface area contributed by atoms with Gasteiger partial charge < -0.3 is 15.4 Å². The molecule has 0 unspecified atom stereocenters. The lowest BCUT2D eigenvalue weighted by atomic mass is 10.2. The van der Waals surface area contributed by atoms with E-state index in [1.807, 2.05) is 42.5 Å². The molecule has 2 N–H and O–H groups in total. The van der Waals surface area contributed by atoms with Gasteiger partial charge in [-0.05, 0) is 30.3 Å². The summed E-state index contributed by atoms with van der Waals surface area (Å²) < 4.78 is 5.15. The molecule has 2 aromatic carbocycles. The highest BCUT2D eigenvalue weighted by atomic mass is 16.5. The van der Waals surface area contributed by atoms with Gasteiger partial charge in [0, 0.05) is 23.6 Å². The van der Waals surface area contributed by atoms with Crippen LogP contribution in [0, 0.1) is 0 Å². The summed E-state index contributed by atoms with van der Waals surface area (Å²) in [6, 6.07) is 18.7. The first kappa shape index (κ1) is 15.6. The number of methoxy groups -OCH3 is 1. The van der Waals surface area contributed by atoms with Crippen molar-refractivity contribution in [3.05, 3.63) is 78.6 Å². The fraction of sp³-hybridized carbons (Fsp3) is 0.0526. The Morgan fingerprint density at radius 1 is 0.917 bits per heavy atom. The molecular formula is C19H17N3O2. The van der Waals surface area contributed by atoms with E-state index in [1.165, 1.54) is 6.20 Å². The van der Waals surface area contributed by atoms with Crippen molar-refractivity contribution in [3.8, 4) is 5.75 Å². The summed E-state index contributed by atoms with van der Waals surface area (Å²) in [5.41, 5.74) is 2.82. The second-order valence-corrected chi connectivity index (χ2v) is 5.14. The predicted octanol–water partition coefficient (Wildman–Crippen LogP) is 4.09. The summed E-state index contributed by atoms with van der Waals surface area (Å²) in [6.07, 6.45) is 3.21. The maximum atomic E-state index is 12.4. The van der Waals surface area contributed by atoms with Crippen molar-refractivity contribution >= 4 is 23.0 Å². The maximum Gasteiger partial charge on any atom is 0.257 e. The van der Waals surface area contributed by atoms with E-state index in [9.17, 15) is 4.79 Å². The third-order valence-electron chi connectivity index (χ3n) is 3.39. The average molecular weight is 319 g/mol. The van der Waals surface area contributed by atoms with E-state index in [-0.39, 0.29) is 5.91 Å². The van der Waals surface area contributed by atoms with Gasteiger partial charge in [-0.15, -0.1) is 0 Å². The molecule has 0 radical (unpaired) electrons. The molecule has 0 saturated heterocycles. The molecule has 5 nitrogen and oxygen atoms in total. The number of anilines is 3. The topological polar surface area (TPSA) is 63.2 Å². The van der Waals surface area contributed by atoms with Crippen molar-refractivity contribution in [2.45, 2.75) is 0 Å². The van der Waals surface area contributed by atoms with Gasteiger partial charge in [0.15, 0.2) is 0 Å². The number of aromatic nitrogens is 1. The minimum Gasteiger partial charge on any atom is -0.497 e. The Balaban J connectivity index is 1.74. The molecule has 0 spiro atoms. The second kappa shape index (κ2) is 7.28. The van der Waals surface area contributed by atoms with E-state index in [0.717, 1.165) is 11.4 Å². The molecule has 24 heavy (non-hydrogen) atoms. The molecule has 0 saturated carbocycles. The Morgan fingerprint density at radius 2 is 1.71 bits per heavy atom. The number of nitrogens with one attached hydrogen (secondary N) is 2. The van der Waals surface area contributed by atoms with Gasteiger partial charge in [-0.2, -0.15) is 0 Å². The number of ether oxygens (including phenoxy) is 1. The van der Waals surface area contributed by atoms with Gasteiger partial charge >= 0.3 is 0 Å². The third kappa shape index (κ3) is 3.89. The number of hydrogen-bond acceptors (Lipinski definition) is 4. The maximum absolute atomic E-state index is 12.4. The quantitative estimate of drug-likeness (QED) is 0.743. The standard InChI is InChI=1S/C19H17N3O2/c1-24-18-9-5-8-16(11-18)22-19(23)14-10-17(13-20-12-14)21-15-6-3-2-4-7-15/h2-13,21H,1H3,(H,22,23). The zero-order valence-electron chi connectivity index (χ0n) is 13.2. The SMILES string of the molecule is COc1cccc(NC(=O)c2cncc(Nc3ccccc3)c2)c1. The Morgan fingerprint density at radius 3 is 2.50 bits per heavy atom. The van der Waals surface area contributed by atoms with Gasteiger partial charge in [0.1, 0.15) is 5.75 Å². The van der Waals surface area contributed by atoms with Crippen LogP contribution in [0.2, 0.25) is 0 Å². The first-order valence-corrected chi connectivity index (χ1v) is 7.47. The molecule has 0 atom stereocenters. The highest BCUT2D eigenvalue weighted by Crippen LogP contribution is 2.19. The van der Waals surface area contributed by atoms with Gasteiger partial charge in [0.2, 0.25) is 0 Å². The normalized spacial score (nSPS) is 10.0. The summed E-state index contributed by atoms with van der Waals surface area (Å²) in [5, 5.41) is 6.06. The minimum absolute atomic E-state index is 0.229. The Kier molecular flexibility index (Phi) is 4.72. The predicted molar refractivity (Wildman–Crippen MR) is 94.9 cm³/mol. The van der Waals surface area contributed by atoms with E-state index < -0.39 is 0 Å². The number of rotatable bonds is 5. The monoisotopic (exact) mass is 319 g/mol. The molecular weight excluding hydrogens is 302 g/mol. The number of nitrogens with zero attached hydrogens (tertiary/aromatic N) is 1. The second-order valence-electron chi connectivity index (χ2n) is 5.14. The van der Waals surface area contributed by atoms with Crippen LogP contribution >= 0.6 is 0 Å². The van der Waals surface area contributed by atoms with Crippen molar-refractivity contribution in [3.63, 3.8) is 0 Å². The molecule has 0 aliphatic heterocycles. The van der Waals surface area contributed by atoms with Gasteiger partial charge in [-0.1, -0.05) is 24.3 Å². The summed E-state index contributed by atoms with van der Waals surface area (Å²) in [7, 11) is 1.59. The van der Waals surface area contributed by atoms with Gasteiger partial charge in [-0.25, -0.2) is 0 Å². The zero-order chi connectivity index (χ0) is 16.8. The van der Waals surface area contributed by atoms with E-state index in [4.69, 9.17) is 4.74 Å². The van der Waals surface area contributed by atoms with Crippen LogP contribution in [0.5, 0.6) is 5.75 Å². The van der Waals surface area contributed by atoms with Crippen LogP contribution in [0.4, 0.5) is 17.1 Å². The third-order valence-corrected chi connectivity index (χ3v) is 3.39. The van der Waals surface area contributed by atoms with Crippen molar-refractivity contribution in [2.24, 2.45) is 0 Å². The fourth-order valence-electron chi connectivity index (χ4n) is 2.22. The van der Waals surface area contributed by atoms with Crippen LogP contribution in [0.1, 0.15) is 10.4 Å². The largest absolute Gasteiger partial charge is 0.497 e. The molecule has 120 valence electrons. The number of carbonyl (C=O) groups excluding carboxylic acids is 1. The molecule has 1 amide bonds. The summed E-state index contributed by atoms with van der Waals surface area (Å²) in [6.45, 7) is 0. The number of hydrogen-bond donors (Lipinski definition) is 2. The summed E-state index contributed by atoms with van der Waals surface area (Å²) in [4.78, 5) is 16.5. The lowest BCUT2D eigenvalue weighted by Gasteiger charge is -2.09. The first-order chi connectivity index (χ1) is 11.7. The zero-order valence-corrected chi connectivity index (χ0v) is 13.2. The van der Waals surface area contributed by atoms with Crippen LogP contribution in [-0.4, -0.2) is 18.0 Å². The molecule has 0 aliphatic carbocycles. The molecule has 0 bridgehead atoms. The number of para-hydroxylation sites is 1. The number of carbonyl (C=O) groups is 1. The van der Waals surface area contributed by atoms with Crippen LogP contribution in [0.3, 0.4) is 0 Å².